The zero-order valence-electron chi connectivity index (χ0n) is 12.4. The standard InChI is InChI=1S/C14H27N3O2/c1-4-17(10-13(18)16-11(2)3)14(19)9-12-7-5-6-8-15-12/h11-12,15H,4-10H2,1-3H3,(H,16,18). The molecule has 110 valence electrons. The molecule has 0 aromatic rings. The highest BCUT2D eigenvalue weighted by Gasteiger charge is 2.21. The van der Waals surface area contributed by atoms with Crippen LogP contribution in [-0.2, 0) is 9.59 Å². The van der Waals surface area contributed by atoms with Crippen LogP contribution in [0, 0.1) is 0 Å². The second kappa shape index (κ2) is 8.15. The number of carbonyl (C=O) groups excluding carboxylic acids is 2. The van der Waals surface area contributed by atoms with Crippen LogP contribution in [0.2, 0.25) is 0 Å². The largest absolute Gasteiger partial charge is 0.352 e. The second-order valence-corrected chi connectivity index (χ2v) is 5.48. The smallest absolute Gasteiger partial charge is 0.239 e. The fourth-order valence-electron chi connectivity index (χ4n) is 2.36. The van der Waals surface area contributed by atoms with Crippen LogP contribution >= 0.6 is 0 Å². The molecule has 1 fully saturated rings. The Balaban J connectivity index is 2.39. The van der Waals surface area contributed by atoms with Crippen LogP contribution in [0.15, 0.2) is 0 Å². The van der Waals surface area contributed by atoms with Gasteiger partial charge in [-0.15, -0.1) is 0 Å². The molecule has 1 heterocycles. The molecule has 2 amide bonds. The van der Waals surface area contributed by atoms with Gasteiger partial charge in [0.2, 0.25) is 11.8 Å². The van der Waals surface area contributed by atoms with E-state index in [4.69, 9.17) is 0 Å². The molecule has 1 atom stereocenters. The number of likely N-dealkylation sites (N-methyl/N-ethyl adjacent to an activating group) is 1. The summed E-state index contributed by atoms with van der Waals surface area (Å²) in [5.74, 6) is -0.0115. The first-order valence-electron chi connectivity index (χ1n) is 7.33. The Hall–Kier alpha value is -1.10. The molecule has 2 N–H and O–H groups in total. The van der Waals surface area contributed by atoms with Crippen molar-refractivity contribution in [1.82, 2.24) is 15.5 Å². The normalized spacial score (nSPS) is 19.3. The average molecular weight is 269 g/mol. The molecule has 0 aromatic heterocycles. The molecule has 0 aromatic carbocycles. The number of carbonyl (C=O) groups is 2. The van der Waals surface area contributed by atoms with Crippen molar-refractivity contribution in [1.29, 1.82) is 0 Å². The lowest BCUT2D eigenvalue weighted by Crippen LogP contribution is -2.45. The third-order valence-corrected chi connectivity index (χ3v) is 3.35. The fraction of sp³-hybridized carbons (Fsp3) is 0.857. The molecule has 0 spiro atoms. The molecule has 0 bridgehead atoms. The van der Waals surface area contributed by atoms with E-state index in [1.165, 1.54) is 12.8 Å². The van der Waals surface area contributed by atoms with Crippen molar-refractivity contribution < 1.29 is 9.59 Å². The minimum Gasteiger partial charge on any atom is -0.352 e. The van der Waals surface area contributed by atoms with Crippen LogP contribution in [0.3, 0.4) is 0 Å². The number of nitrogens with zero attached hydrogens (tertiary/aromatic N) is 1. The molecular formula is C14H27N3O2. The van der Waals surface area contributed by atoms with E-state index in [0.29, 0.717) is 13.0 Å². The van der Waals surface area contributed by atoms with E-state index in [2.05, 4.69) is 10.6 Å². The molecule has 0 radical (unpaired) electrons. The van der Waals surface area contributed by atoms with E-state index in [1.807, 2.05) is 20.8 Å². The van der Waals surface area contributed by atoms with Crippen LogP contribution in [0.1, 0.15) is 46.5 Å². The van der Waals surface area contributed by atoms with Gasteiger partial charge >= 0.3 is 0 Å². The quantitative estimate of drug-likeness (QED) is 0.753. The molecule has 1 rings (SSSR count). The summed E-state index contributed by atoms with van der Waals surface area (Å²) in [7, 11) is 0. The fourth-order valence-corrected chi connectivity index (χ4v) is 2.36. The van der Waals surface area contributed by atoms with E-state index < -0.39 is 0 Å². The third-order valence-electron chi connectivity index (χ3n) is 3.35. The maximum Gasteiger partial charge on any atom is 0.239 e. The van der Waals surface area contributed by atoms with Crippen molar-refractivity contribution in [2.24, 2.45) is 0 Å². The Morgan fingerprint density at radius 1 is 1.37 bits per heavy atom. The van der Waals surface area contributed by atoms with Gasteiger partial charge in [0, 0.05) is 25.0 Å². The topological polar surface area (TPSA) is 61.4 Å². The monoisotopic (exact) mass is 269 g/mol. The first kappa shape index (κ1) is 16.0. The van der Waals surface area contributed by atoms with Gasteiger partial charge < -0.3 is 15.5 Å². The van der Waals surface area contributed by atoms with Gasteiger partial charge in [-0.3, -0.25) is 9.59 Å². The highest BCUT2D eigenvalue weighted by molar-refractivity contribution is 5.85. The number of nitrogens with one attached hydrogen (secondary N) is 2. The average Bonchev–Trinajstić information content (AvgIpc) is 2.36. The summed E-state index contributed by atoms with van der Waals surface area (Å²) in [5.41, 5.74) is 0. The van der Waals surface area contributed by atoms with Crippen molar-refractivity contribution >= 4 is 11.8 Å². The summed E-state index contributed by atoms with van der Waals surface area (Å²) < 4.78 is 0. The molecule has 1 unspecified atom stereocenters. The lowest BCUT2D eigenvalue weighted by atomic mass is 10.0. The highest BCUT2D eigenvalue weighted by Crippen LogP contribution is 2.11. The first-order valence-corrected chi connectivity index (χ1v) is 7.33. The van der Waals surface area contributed by atoms with Crippen molar-refractivity contribution in [2.75, 3.05) is 19.6 Å². The lowest BCUT2D eigenvalue weighted by Gasteiger charge is -2.27. The van der Waals surface area contributed by atoms with Crippen LogP contribution in [0.5, 0.6) is 0 Å². The Bertz CT molecular complexity index is 299. The van der Waals surface area contributed by atoms with Crippen LogP contribution in [0.4, 0.5) is 0 Å². The van der Waals surface area contributed by atoms with Gasteiger partial charge in [-0.05, 0) is 40.2 Å². The Morgan fingerprint density at radius 3 is 2.63 bits per heavy atom. The van der Waals surface area contributed by atoms with Gasteiger partial charge in [0.1, 0.15) is 0 Å². The van der Waals surface area contributed by atoms with Crippen molar-refractivity contribution in [3.63, 3.8) is 0 Å². The van der Waals surface area contributed by atoms with Crippen LogP contribution in [-0.4, -0.2) is 48.4 Å². The van der Waals surface area contributed by atoms with Gasteiger partial charge in [0.05, 0.1) is 6.54 Å². The third kappa shape index (κ3) is 6.05. The minimum absolute atomic E-state index is 0.0702. The Morgan fingerprint density at radius 2 is 2.11 bits per heavy atom. The minimum atomic E-state index is -0.0817. The van der Waals surface area contributed by atoms with Crippen molar-refractivity contribution in [3.05, 3.63) is 0 Å². The first-order chi connectivity index (χ1) is 9.02. The number of rotatable bonds is 6. The van der Waals surface area contributed by atoms with Gasteiger partial charge in [-0.25, -0.2) is 0 Å². The zero-order valence-corrected chi connectivity index (χ0v) is 12.4. The maximum atomic E-state index is 12.2. The number of hydrogen-bond donors (Lipinski definition) is 2. The SMILES string of the molecule is CCN(CC(=O)NC(C)C)C(=O)CC1CCCCN1. The predicted molar refractivity (Wildman–Crippen MR) is 75.8 cm³/mol. The van der Waals surface area contributed by atoms with Crippen LogP contribution < -0.4 is 10.6 Å². The Labute approximate surface area is 116 Å². The summed E-state index contributed by atoms with van der Waals surface area (Å²) in [6.07, 6.45) is 3.94. The molecule has 5 heteroatoms. The zero-order chi connectivity index (χ0) is 14.3. The molecule has 1 saturated heterocycles. The van der Waals surface area contributed by atoms with E-state index in [-0.39, 0.29) is 30.4 Å². The number of hydrogen-bond acceptors (Lipinski definition) is 3. The number of amides is 2. The Kier molecular flexibility index (Phi) is 6.84. The van der Waals surface area contributed by atoms with Gasteiger partial charge in [0.25, 0.3) is 0 Å². The summed E-state index contributed by atoms with van der Waals surface area (Å²) in [5, 5.41) is 6.18. The maximum absolute atomic E-state index is 12.2. The molecule has 0 aliphatic carbocycles. The molecule has 1 aliphatic rings. The van der Waals surface area contributed by atoms with Gasteiger partial charge in [-0.1, -0.05) is 6.42 Å². The van der Waals surface area contributed by atoms with Crippen molar-refractivity contribution in [3.8, 4) is 0 Å². The molecule has 1 aliphatic heterocycles. The second-order valence-electron chi connectivity index (χ2n) is 5.48. The molecule has 5 nitrogen and oxygen atoms in total. The predicted octanol–water partition coefficient (Wildman–Crippen LogP) is 0.892. The van der Waals surface area contributed by atoms with Crippen molar-refractivity contribution in [2.45, 2.75) is 58.5 Å². The summed E-state index contributed by atoms with van der Waals surface area (Å²) in [6.45, 7) is 7.49. The molecule has 19 heavy (non-hydrogen) atoms. The van der Waals surface area contributed by atoms with E-state index in [9.17, 15) is 9.59 Å². The van der Waals surface area contributed by atoms with Gasteiger partial charge in [0.15, 0.2) is 0 Å². The molecular weight excluding hydrogens is 242 g/mol. The summed E-state index contributed by atoms with van der Waals surface area (Å²) in [6, 6.07) is 0.393. The highest BCUT2D eigenvalue weighted by atomic mass is 16.2. The lowest BCUT2D eigenvalue weighted by molar-refractivity contribution is -0.136. The number of piperidine rings is 1. The van der Waals surface area contributed by atoms with E-state index in [0.717, 1.165) is 13.0 Å². The van der Waals surface area contributed by atoms with E-state index in [1.54, 1.807) is 4.90 Å². The van der Waals surface area contributed by atoms with E-state index >= 15 is 0 Å². The molecule has 0 saturated carbocycles. The summed E-state index contributed by atoms with van der Waals surface area (Å²) >= 11 is 0. The van der Waals surface area contributed by atoms with Crippen LogP contribution in [0.25, 0.3) is 0 Å². The summed E-state index contributed by atoms with van der Waals surface area (Å²) in [4.78, 5) is 25.5. The van der Waals surface area contributed by atoms with Gasteiger partial charge in [-0.2, -0.15) is 0 Å².